The van der Waals surface area contributed by atoms with Gasteiger partial charge in [-0.25, -0.2) is 9.97 Å². The Balaban J connectivity index is 2.30. The Bertz CT molecular complexity index is 433. The van der Waals surface area contributed by atoms with Crippen molar-refractivity contribution in [2.24, 2.45) is 5.92 Å². The van der Waals surface area contributed by atoms with Gasteiger partial charge in [-0.05, 0) is 19.3 Å². The molecule has 2 atom stereocenters. The molecule has 5 nitrogen and oxygen atoms in total. The highest BCUT2D eigenvalue weighted by Crippen LogP contribution is 2.33. The number of hydrogen-bond acceptors (Lipinski definition) is 5. The summed E-state index contributed by atoms with van der Waals surface area (Å²) in [5.74, 6) is 2.62. The maximum absolute atomic E-state index is 9.72. The first-order valence-corrected chi connectivity index (χ1v) is 7.00. The summed E-state index contributed by atoms with van der Waals surface area (Å²) in [6, 6.07) is 0. The fourth-order valence-electron chi connectivity index (χ4n) is 2.74. The van der Waals surface area contributed by atoms with Crippen molar-refractivity contribution in [3.05, 3.63) is 11.9 Å². The van der Waals surface area contributed by atoms with Gasteiger partial charge in [0.25, 0.3) is 0 Å². The van der Waals surface area contributed by atoms with Gasteiger partial charge in [0.1, 0.15) is 18.0 Å². The number of hydrogen-bond donors (Lipinski definition) is 2. The number of nitrogens with zero attached hydrogens (tertiary/aromatic N) is 3. The first-order chi connectivity index (χ1) is 9.04. The van der Waals surface area contributed by atoms with E-state index >= 15 is 0 Å². The van der Waals surface area contributed by atoms with Crippen LogP contribution in [-0.4, -0.2) is 41.3 Å². The summed E-state index contributed by atoms with van der Waals surface area (Å²) in [6.45, 7) is 8.01. The third-order valence-corrected chi connectivity index (χ3v) is 3.88. The molecule has 0 bridgehead atoms. The number of anilines is 2. The van der Waals surface area contributed by atoms with Gasteiger partial charge in [0.05, 0.1) is 6.10 Å². The smallest absolute Gasteiger partial charge is 0.137 e. The SMILES string of the molecule is CNc1ncnc(N2CCC(C(C)O)C2)c1C(C)C. The van der Waals surface area contributed by atoms with Crippen LogP contribution in [0.1, 0.15) is 38.7 Å². The first-order valence-electron chi connectivity index (χ1n) is 7.00. The van der Waals surface area contributed by atoms with E-state index in [0.717, 1.165) is 36.7 Å². The van der Waals surface area contributed by atoms with E-state index < -0.39 is 0 Å². The van der Waals surface area contributed by atoms with Crippen molar-refractivity contribution in [1.29, 1.82) is 0 Å². The lowest BCUT2D eigenvalue weighted by molar-refractivity contribution is 0.136. The van der Waals surface area contributed by atoms with E-state index in [-0.39, 0.29) is 6.10 Å². The Kier molecular flexibility index (Phi) is 4.24. The minimum atomic E-state index is -0.252. The molecule has 1 aromatic rings. The first kappa shape index (κ1) is 14.1. The third-order valence-electron chi connectivity index (χ3n) is 3.88. The quantitative estimate of drug-likeness (QED) is 0.869. The molecule has 0 aromatic carbocycles. The molecular weight excluding hydrogens is 240 g/mol. The molecule has 0 saturated carbocycles. The van der Waals surface area contributed by atoms with E-state index in [1.807, 2.05) is 14.0 Å². The maximum Gasteiger partial charge on any atom is 0.137 e. The van der Waals surface area contributed by atoms with Crippen LogP contribution >= 0.6 is 0 Å². The number of aliphatic hydroxyl groups is 1. The van der Waals surface area contributed by atoms with Gasteiger partial charge in [-0.15, -0.1) is 0 Å². The molecule has 19 heavy (non-hydrogen) atoms. The van der Waals surface area contributed by atoms with Crippen molar-refractivity contribution in [3.8, 4) is 0 Å². The van der Waals surface area contributed by atoms with Crippen LogP contribution in [-0.2, 0) is 0 Å². The predicted molar refractivity (Wildman–Crippen MR) is 77.7 cm³/mol. The van der Waals surface area contributed by atoms with Crippen molar-refractivity contribution in [3.63, 3.8) is 0 Å². The van der Waals surface area contributed by atoms with Crippen molar-refractivity contribution < 1.29 is 5.11 Å². The Hall–Kier alpha value is -1.36. The van der Waals surface area contributed by atoms with Crippen LogP contribution in [0.25, 0.3) is 0 Å². The second-order valence-corrected chi connectivity index (χ2v) is 5.60. The van der Waals surface area contributed by atoms with Crippen LogP contribution in [0.3, 0.4) is 0 Å². The predicted octanol–water partition coefficient (Wildman–Crippen LogP) is 1.85. The Labute approximate surface area is 115 Å². The standard InChI is InChI=1S/C14H24N4O/c1-9(2)12-13(15-4)16-8-17-14(12)18-6-5-11(7-18)10(3)19/h8-11,19H,5-7H2,1-4H3,(H,15,16,17). The molecule has 1 aromatic heterocycles. The lowest BCUT2D eigenvalue weighted by Crippen LogP contribution is -2.26. The number of aliphatic hydroxyl groups excluding tert-OH is 1. The topological polar surface area (TPSA) is 61.3 Å². The highest BCUT2D eigenvalue weighted by molar-refractivity contribution is 5.60. The maximum atomic E-state index is 9.72. The van der Waals surface area contributed by atoms with Crippen LogP contribution in [0.5, 0.6) is 0 Å². The highest BCUT2D eigenvalue weighted by atomic mass is 16.3. The van der Waals surface area contributed by atoms with Gasteiger partial charge in [-0.1, -0.05) is 13.8 Å². The molecule has 1 saturated heterocycles. The molecule has 5 heteroatoms. The molecular formula is C14H24N4O. The minimum Gasteiger partial charge on any atom is -0.393 e. The molecule has 2 rings (SSSR count). The van der Waals surface area contributed by atoms with E-state index in [0.29, 0.717) is 11.8 Å². The normalized spacial score (nSPS) is 20.9. The van der Waals surface area contributed by atoms with Gasteiger partial charge in [0.15, 0.2) is 0 Å². The second kappa shape index (κ2) is 5.74. The van der Waals surface area contributed by atoms with Crippen LogP contribution in [0.4, 0.5) is 11.6 Å². The molecule has 2 N–H and O–H groups in total. The monoisotopic (exact) mass is 264 g/mol. The van der Waals surface area contributed by atoms with Crippen molar-refractivity contribution in [1.82, 2.24) is 9.97 Å². The zero-order valence-corrected chi connectivity index (χ0v) is 12.2. The van der Waals surface area contributed by atoms with E-state index in [9.17, 15) is 5.11 Å². The molecule has 2 heterocycles. The van der Waals surface area contributed by atoms with Crippen LogP contribution in [0.2, 0.25) is 0 Å². The average molecular weight is 264 g/mol. The summed E-state index contributed by atoms with van der Waals surface area (Å²) in [6.07, 6.45) is 2.38. The molecule has 1 aliphatic rings. The summed E-state index contributed by atoms with van der Waals surface area (Å²) in [4.78, 5) is 11.1. The van der Waals surface area contributed by atoms with Gasteiger partial charge in [-0.2, -0.15) is 0 Å². The van der Waals surface area contributed by atoms with Crippen LogP contribution in [0, 0.1) is 5.92 Å². The molecule has 106 valence electrons. The minimum absolute atomic E-state index is 0.252. The zero-order valence-electron chi connectivity index (χ0n) is 12.2. The molecule has 0 spiro atoms. The number of rotatable bonds is 4. The fraction of sp³-hybridized carbons (Fsp3) is 0.714. The Morgan fingerprint density at radius 3 is 2.63 bits per heavy atom. The summed E-state index contributed by atoms with van der Waals surface area (Å²) < 4.78 is 0. The lowest BCUT2D eigenvalue weighted by atomic mass is 10.0. The molecule has 2 unspecified atom stereocenters. The molecule has 1 aliphatic heterocycles. The van der Waals surface area contributed by atoms with Gasteiger partial charge >= 0.3 is 0 Å². The summed E-state index contributed by atoms with van der Waals surface area (Å²) >= 11 is 0. The third kappa shape index (κ3) is 2.81. The zero-order chi connectivity index (χ0) is 14.0. The van der Waals surface area contributed by atoms with E-state index in [1.165, 1.54) is 0 Å². The van der Waals surface area contributed by atoms with Gasteiger partial charge in [-0.3, -0.25) is 0 Å². The van der Waals surface area contributed by atoms with Crippen molar-refractivity contribution in [2.75, 3.05) is 30.4 Å². The molecule has 1 fully saturated rings. The van der Waals surface area contributed by atoms with E-state index in [1.54, 1.807) is 6.33 Å². The Morgan fingerprint density at radius 2 is 2.11 bits per heavy atom. The largest absolute Gasteiger partial charge is 0.393 e. The highest BCUT2D eigenvalue weighted by Gasteiger charge is 2.29. The molecule has 0 aliphatic carbocycles. The summed E-state index contributed by atoms with van der Waals surface area (Å²) in [5.41, 5.74) is 1.16. The van der Waals surface area contributed by atoms with Crippen LogP contribution in [0.15, 0.2) is 6.33 Å². The van der Waals surface area contributed by atoms with Gasteiger partial charge < -0.3 is 15.3 Å². The number of nitrogens with one attached hydrogen (secondary N) is 1. The van der Waals surface area contributed by atoms with E-state index in [4.69, 9.17) is 0 Å². The van der Waals surface area contributed by atoms with Gasteiger partial charge in [0, 0.05) is 31.6 Å². The second-order valence-electron chi connectivity index (χ2n) is 5.60. The number of aromatic nitrogens is 2. The fourth-order valence-corrected chi connectivity index (χ4v) is 2.74. The average Bonchev–Trinajstić information content (AvgIpc) is 2.87. The molecule has 0 amide bonds. The van der Waals surface area contributed by atoms with Crippen molar-refractivity contribution >= 4 is 11.6 Å². The lowest BCUT2D eigenvalue weighted by Gasteiger charge is -2.24. The molecule has 0 radical (unpaired) electrons. The summed E-state index contributed by atoms with van der Waals surface area (Å²) in [7, 11) is 1.89. The summed E-state index contributed by atoms with van der Waals surface area (Å²) in [5, 5.41) is 12.9. The van der Waals surface area contributed by atoms with Crippen molar-refractivity contribution in [2.45, 2.75) is 39.2 Å². The van der Waals surface area contributed by atoms with Crippen LogP contribution < -0.4 is 10.2 Å². The van der Waals surface area contributed by atoms with E-state index in [2.05, 4.69) is 34.0 Å². The Morgan fingerprint density at radius 1 is 1.37 bits per heavy atom. The van der Waals surface area contributed by atoms with Gasteiger partial charge in [0.2, 0.25) is 0 Å².